The first-order chi connectivity index (χ1) is 12.2. The molecule has 3 N–H and O–H groups in total. The highest BCUT2D eigenvalue weighted by Gasteiger charge is 2.19. The Labute approximate surface area is 148 Å². The van der Waals surface area contributed by atoms with Crippen LogP contribution in [0.3, 0.4) is 0 Å². The maximum Gasteiger partial charge on any atom is 0.231 e. The van der Waals surface area contributed by atoms with E-state index in [0.717, 1.165) is 28.1 Å². The Morgan fingerprint density at radius 2 is 2.00 bits per heavy atom. The molecule has 1 saturated carbocycles. The molecule has 0 aliphatic heterocycles. The van der Waals surface area contributed by atoms with Crippen LogP contribution in [0.15, 0.2) is 36.5 Å². The average Bonchev–Trinajstić information content (AvgIpc) is 3.01. The number of fused-ring (bicyclic) bond motifs is 1. The van der Waals surface area contributed by atoms with Gasteiger partial charge in [0.15, 0.2) is 0 Å². The lowest BCUT2D eigenvalue weighted by atomic mass is 9.93. The Balaban J connectivity index is 1.57. The monoisotopic (exact) mass is 355 g/mol. The fourth-order valence-corrected chi connectivity index (χ4v) is 3.56. The van der Waals surface area contributed by atoms with E-state index in [-0.39, 0.29) is 0 Å². The Bertz CT molecular complexity index is 901. The van der Waals surface area contributed by atoms with Crippen LogP contribution in [0.2, 0.25) is 0 Å². The maximum atomic E-state index is 11.3. The molecule has 0 radical (unpaired) electrons. The number of aromatic nitrogens is 3. The summed E-state index contributed by atoms with van der Waals surface area (Å²) in [4.78, 5) is 12.4. The first-order valence-electron chi connectivity index (χ1n) is 8.45. The van der Waals surface area contributed by atoms with Gasteiger partial charge in [-0.15, -0.1) is 0 Å². The molecule has 2 aromatic heterocycles. The number of aromatic amines is 1. The third kappa shape index (κ3) is 3.66. The average molecular weight is 355 g/mol. The summed E-state index contributed by atoms with van der Waals surface area (Å²) in [7, 11) is -0.834. The molecule has 1 aliphatic carbocycles. The molecule has 1 aromatic carbocycles. The van der Waals surface area contributed by atoms with E-state index in [1.165, 1.54) is 19.3 Å². The van der Waals surface area contributed by atoms with Crippen molar-refractivity contribution in [2.24, 2.45) is 0 Å². The molecular formula is C18H21N5OS. The molecule has 1 fully saturated rings. The summed E-state index contributed by atoms with van der Waals surface area (Å²) in [6, 6.07) is 10.4. The van der Waals surface area contributed by atoms with Crippen LogP contribution in [0.4, 0.5) is 17.5 Å². The third-order valence-electron chi connectivity index (χ3n) is 4.44. The Morgan fingerprint density at radius 1 is 1.20 bits per heavy atom. The molecule has 7 heteroatoms. The molecule has 0 saturated heterocycles. The number of anilines is 3. The number of rotatable bonds is 6. The Morgan fingerprint density at radius 3 is 2.68 bits per heavy atom. The van der Waals surface area contributed by atoms with Crippen molar-refractivity contribution in [3.8, 4) is 0 Å². The molecule has 3 aromatic rings. The van der Waals surface area contributed by atoms with Crippen molar-refractivity contribution in [2.75, 3.05) is 16.9 Å². The van der Waals surface area contributed by atoms with Crippen molar-refractivity contribution in [3.05, 3.63) is 42.1 Å². The number of hydrogen-bond donors (Lipinski definition) is 3. The molecule has 4 rings (SSSR count). The van der Waals surface area contributed by atoms with Crippen molar-refractivity contribution >= 4 is 39.3 Å². The van der Waals surface area contributed by atoms with E-state index >= 15 is 0 Å². The summed E-state index contributed by atoms with van der Waals surface area (Å²) in [6.45, 7) is 0. The zero-order valence-corrected chi connectivity index (χ0v) is 14.9. The molecule has 25 heavy (non-hydrogen) atoms. The second-order valence-corrected chi connectivity index (χ2v) is 7.88. The molecule has 130 valence electrons. The number of H-pyrrole nitrogens is 1. The van der Waals surface area contributed by atoms with Crippen LogP contribution < -0.4 is 10.6 Å². The van der Waals surface area contributed by atoms with Crippen LogP contribution in [-0.4, -0.2) is 31.5 Å². The molecule has 1 atom stereocenters. The molecule has 1 unspecified atom stereocenters. The van der Waals surface area contributed by atoms with E-state index in [4.69, 9.17) is 0 Å². The van der Waals surface area contributed by atoms with Gasteiger partial charge in [-0.25, -0.2) is 0 Å². The molecule has 6 nitrogen and oxygen atoms in total. The van der Waals surface area contributed by atoms with Gasteiger partial charge in [0.2, 0.25) is 5.95 Å². The SMILES string of the molecule is CS(=O)Cc1ccc(Nc2nc(NC3CCC3)c3cc[nH]c3n2)cc1. The van der Waals surface area contributed by atoms with Gasteiger partial charge in [-0.3, -0.25) is 4.21 Å². The van der Waals surface area contributed by atoms with Crippen LogP contribution >= 0.6 is 0 Å². The summed E-state index contributed by atoms with van der Waals surface area (Å²) in [5.41, 5.74) is 2.78. The number of nitrogens with one attached hydrogen (secondary N) is 3. The molecular weight excluding hydrogens is 334 g/mol. The lowest BCUT2D eigenvalue weighted by Gasteiger charge is -2.27. The van der Waals surface area contributed by atoms with Crippen LogP contribution in [0.25, 0.3) is 11.0 Å². The minimum Gasteiger partial charge on any atom is -0.367 e. The normalized spacial score (nSPS) is 15.7. The summed E-state index contributed by atoms with van der Waals surface area (Å²) in [5, 5.41) is 7.79. The second-order valence-electron chi connectivity index (χ2n) is 6.45. The van der Waals surface area contributed by atoms with Gasteiger partial charge in [0.1, 0.15) is 11.5 Å². The first-order valence-corrected chi connectivity index (χ1v) is 10.2. The Kier molecular flexibility index (Phi) is 4.40. The third-order valence-corrected chi connectivity index (χ3v) is 5.18. The minimum atomic E-state index is -0.834. The predicted octanol–water partition coefficient (Wildman–Crippen LogP) is 3.54. The first kappa shape index (κ1) is 16.1. The maximum absolute atomic E-state index is 11.3. The van der Waals surface area contributed by atoms with Gasteiger partial charge < -0.3 is 15.6 Å². The van der Waals surface area contributed by atoms with Gasteiger partial charge in [0, 0.05) is 40.7 Å². The summed E-state index contributed by atoms with van der Waals surface area (Å²) < 4.78 is 11.3. The molecule has 1 aliphatic rings. The summed E-state index contributed by atoms with van der Waals surface area (Å²) in [6.07, 6.45) is 7.26. The van der Waals surface area contributed by atoms with Crippen LogP contribution in [0.5, 0.6) is 0 Å². The molecule has 0 spiro atoms. The van der Waals surface area contributed by atoms with Gasteiger partial charge in [-0.2, -0.15) is 9.97 Å². The standard InChI is InChI=1S/C18H21N5OS/c1-25(24)11-12-5-7-14(8-6-12)21-18-22-16-15(9-10-19-16)17(23-18)20-13-3-2-4-13/h5-10,13H,2-4,11H2,1H3,(H3,19,20,21,22,23). The summed E-state index contributed by atoms with van der Waals surface area (Å²) in [5.74, 6) is 2.00. The van der Waals surface area contributed by atoms with Gasteiger partial charge in [-0.1, -0.05) is 12.1 Å². The number of benzene rings is 1. The van der Waals surface area contributed by atoms with Crippen LogP contribution in [0, 0.1) is 0 Å². The van der Waals surface area contributed by atoms with Gasteiger partial charge >= 0.3 is 0 Å². The van der Waals surface area contributed by atoms with Crippen molar-refractivity contribution in [3.63, 3.8) is 0 Å². The van der Waals surface area contributed by atoms with Gasteiger partial charge in [0.25, 0.3) is 0 Å². The molecule has 0 amide bonds. The fraction of sp³-hybridized carbons (Fsp3) is 0.333. The van der Waals surface area contributed by atoms with Crippen molar-refractivity contribution < 1.29 is 4.21 Å². The lowest BCUT2D eigenvalue weighted by Crippen LogP contribution is -2.27. The topological polar surface area (TPSA) is 82.7 Å². The fourth-order valence-electron chi connectivity index (χ4n) is 2.90. The number of nitrogens with zero attached hydrogens (tertiary/aromatic N) is 2. The predicted molar refractivity (Wildman–Crippen MR) is 103 cm³/mol. The van der Waals surface area contributed by atoms with Crippen LogP contribution in [-0.2, 0) is 16.6 Å². The number of hydrogen-bond acceptors (Lipinski definition) is 5. The zero-order valence-electron chi connectivity index (χ0n) is 14.1. The van der Waals surface area contributed by atoms with Gasteiger partial charge in [0.05, 0.1) is 5.39 Å². The van der Waals surface area contributed by atoms with E-state index in [1.807, 2.05) is 36.5 Å². The van der Waals surface area contributed by atoms with Gasteiger partial charge in [-0.05, 0) is 43.0 Å². The highest BCUT2D eigenvalue weighted by Crippen LogP contribution is 2.28. The largest absolute Gasteiger partial charge is 0.367 e. The van der Waals surface area contributed by atoms with Crippen molar-refractivity contribution in [1.29, 1.82) is 0 Å². The lowest BCUT2D eigenvalue weighted by molar-refractivity contribution is 0.445. The van der Waals surface area contributed by atoms with E-state index < -0.39 is 10.8 Å². The van der Waals surface area contributed by atoms with E-state index in [9.17, 15) is 4.21 Å². The minimum absolute atomic E-state index is 0.509. The Hall–Kier alpha value is -2.41. The van der Waals surface area contributed by atoms with Crippen molar-refractivity contribution in [2.45, 2.75) is 31.1 Å². The highest BCUT2D eigenvalue weighted by atomic mass is 32.2. The zero-order chi connectivity index (χ0) is 17.2. The molecule has 2 heterocycles. The van der Waals surface area contributed by atoms with E-state index in [0.29, 0.717) is 17.7 Å². The van der Waals surface area contributed by atoms with Crippen LogP contribution in [0.1, 0.15) is 24.8 Å². The smallest absolute Gasteiger partial charge is 0.231 e. The quantitative estimate of drug-likeness (QED) is 0.630. The van der Waals surface area contributed by atoms with E-state index in [2.05, 4.69) is 25.6 Å². The van der Waals surface area contributed by atoms with E-state index in [1.54, 1.807) is 6.26 Å². The van der Waals surface area contributed by atoms with Crippen molar-refractivity contribution in [1.82, 2.24) is 15.0 Å². The molecule has 0 bridgehead atoms. The highest BCUT2D eigenvalue weighted by molar-refractivity contribution is 7.83. The second kappa shape index (κ2) is 6.84. The summed E-state index contributed by atoms with van der Waals surface area (Å²) >= 11 is 0.